The van der Waals surface area contributed by atoms with E-state index in [2.05, 4.69) is 0 Å². The molecular weight excluding hydrogens is 272 g/mol. The Kier molecular flexibility index (Phi) is 4.10. The van der Waals surface area contributed by atoms with E-state index in [1.807, 2.05) is 72.8 Å². The van der Waals surface area contributed by atoms with Gasteiger partial charge in [0.1, 0.15) is 6.29 Å². The first kappa shape index (κ1) is 14.2. The number of rotatable bonds is 5. The van der Waals surface area contributed by atoms with Crippen LogP contribution in [0.2, 0.25) is 0 Å². The molecule has 0 aromatic heterocycles. The highest BCUT2D eigenvalue weighted by atomic mass is 16.1. The minimum absolute atomic E-state index is 0.00768. The lowest BCUT2D eigenvalue weighted by Gasteiger charge is -2.10. The second-order valence-corrected chi connectivity index (χ2v) is 5.34. The van der Waals surface area contributed by atoms with E-state index in [0.29, 0.717) is 5.56 Å². The Hall–Kier alpha value is -2.74. The van der Waals surface area contributed by atoms with Crippen molar-refractivity contribution in [1.82, 2.24) is 0 Å². The summed E-state index contributed by atoms with van der Waals surface area (Å²) in [5.74, 6) is -0.396. The lowest BCUT2D eigenvalue weighted by molar-refractivity contribution is -0.109. The molecule has 22 heavy (non-hydrogen) atoms. The zero-order chi connectivity index (χ0) is 15.4. The highest BCUT2D eigenvalue weighted by molar-refractivity contribution is 6.01. The molecule has 0 saturated carbocycles. The molecule has 3 aromatic rings. The summed E-state index contributed by atoms with van der Waals surface area (Å²) < 4.78 is 0. The number of Topliss-reactive ketones (excluding diaryl/α,β-unsaturated/α-hetero) is 1. The molecule has 108 valence electrons. The molecule has 0 N–H and O–H groups in total. The molecule has 0 fully saturated rings. The first-order valence-electron chi connectivity index (χ1n) is 7.30. The normalized spacial score (nSPS) is 12.0. The molecule has 3 rings (SSSR count). The molecule has 0 heterocycles. The molecular formula is C20H16O2. The van der Waals surface area contributed by atoms with Gasteiger partial charge < -0.3 is 4.79 Å². The highest BCUT2D eigenvalue weighted by Gasteiger charge is 2.16. The number of hydrogen-bond donors (Lipinski definition) is 0. The summed E-state index contributed by atoms with van der Waals surface area (Å²) in [7, 11) is 0. The number of carbonyl (C=O) groups is 2. The summed E-state index contributed by atoms with van der Waals surface area (Å²) in [6.45, 7) is 0. The van der Waals surface area contributed by atoms with E-state index in [4.69, 9.17) is 0 Å². The first-order valence-corrected chi connectivity index (χ1v) is 7.30. The van der Waals surface area contributed by atoms with Crippen LogP contribution in [0.15, 0.2) is 72.8 Å². The van der Waals surface area contributed by atoms with Gasteiger partial charge in [0, 0.05) is 17.9 Å². The average Bonchev–Trinajstić information content (AvgIpc) is 2.59. The van der Waals surface area contributed by atoms with Crippen LogP contribution >= 0.6 is 0 Å². The van der Waals surface area contributed by atoms with Crippen molar-refractivity contribution in [2.75, 3.05) is 0 Å². The van der Waals surface area contributed by atoms with E-state index in [-0.39, 0.29) is 18.1 Å². The predicted octanol–water partition coefficient (Wildman–Crippen LogP) is 4.40. The van der Waals surface area contributed by atoms with Crippen LogP contribution in [-0.2, 0) is 4.79 Å². The summed E-state index contributed by atoms with van der Waals surface area (Å²) in [4.78, 5) is 23.8. The lowest BCUT2D eigenvalue weighted by atomic mass is 9.92. The van der Waals surface area contributed by atoms with Crippen LogP contribution in [0.25, 0.3) is 10.8 Å². The van der Waals surface area contributed by atoms with Gasteiger partial charge in [-0.05, 0) is 22.4 Å². The van der Waals surface area contributed by atoms with Gasteiger partial charge >= 0.3 is 0 Å². The van der Waals surface area contributed by atoms with E-state index in [0.717, 1.165) is 22.6 Å². The SMILES string of the molecule is O=CC(CC(=O)c1ccc2ccccc2c1)c1ccccc1. The number of carbonyl (C=O) groups excluding carboxylic acids is 2. The van der Waals surface area contributed by atoms with Crippen LogP contribution in [0.4, 0.5) is 0 Å². The zero-order valence-electron chi connectivity index (χ0n) is 12.1. The summed E-state index contributed by atoms with van der Waals surface area (Å²) in [5.41, 5.74) is 1.54. The fourth-order valence-corrected chi connectivity index (χ4v) is 2.63. The Balaban J connectivity index is 1.84. The maximum atomic E-state index is 12.5. The molecule has 0 spiro atoms. The first-order chi connectivity index (χ1) is 10.8. The molecule has 0 aliphatic rings. The van der Waals surface area contributed by atoms with E-state index >= 15 is 0 Å². The van der Waals surface area contributed by atoms with Crippen molar-refractivity contribution in [2.24, 2.45) is 0 Å². The highest BCUT2D eigenvalue weighted by Crippen LogP contribution is 2.22. The molecule has 2 nitrogen and oxygen atoms in total. The molecule has 0 aliphatic carbocycles. The van der Waals surface area contributed by atoms with Gasteiger partial charge in [0.2, 0.25) is 0 Å². The average molecular weight is 288 g/mol. The Bertz CT molecular complexity index is 806. The van der Waals surface area contributed by atoms with E-state index < -0.39 is 0 Å². The quantitative estimate of drug-likeness (QED) is 0.515. The van der Waals surface area contributed by atoms with Crippen LogP contribution < -0.4 is 0 Å². The van der Waals surface area contributed by atoms with Crippen molar-refractivity contribution in [1.29, 1.82) is 0 Å². The van der Waals surface area contributed by atoms with Gasteiger partial charge in [-0.25, -0.2) is 0 Å². The number of ketones is 1. The fraction of sp³-hybridized carbons (Fsp3) is 0.100. The molecule has 0 aliphatic heterocycles. The monoisotopic (exact) mass is 288 g/mol. The van der Waals surface area contributed by atoms with Gasteiger partial charge in [0.15, 0.2) is 5.78 Å². The third-order valence-electron chi connectivity index (χ3n) is 3.87. The lowest BCUT2D eigenvalue weighted by Crippen LogP contribution is -2.08. The molecule has 0 bridgehead atoms. The summed E-state index contributed by atoms with van der Waals surface area (Å²) in [6, 6.07) is 23.0. The smallest absolute Gasteiger partial charge is 0.163 e. The predicted molar refractivity (Wildman–Crippen MR) is 88.1 cm³/mol. The minimum atomic E-state index is -0.389. The minimum Gasteiger partial charge on any atom is -0.303 e. The second-order valence-electron chi connectivity index (χ2n) is 5.34. The molecule has 0 radical (unpaired) electrons. The van der Waals surface area contributed by atoms with Crippen molar-refractivity contribution in [3.8, 4) is 0 Å². The Labute approximate surface area is 129 Å². The third kappa shape index (κ3) is 2.96. The van der Waals surface area contributed by atoms with E-state index in [1.54, 1.807) is 0 Å². The number of hydrogen-bond acceptors (Lipinski definition) is 2. The van der Waals surface area contributed by atoms with Crippen LogP contribution in [0.1, 0.15) is 28.3 Å². The maximum absolute atomic E-state index is 12.5. The second kappa shape index (κ2) is 6.35. The molecule has 0 amide bonds. The Morgan fingerprint density at radius 2 is 1.55 bits per heavy atom. The van der Waals surface area contributed by atoms with Gasteiger partial charge in [-0.1, -0.05) is 66.7 Å². The maximum Gasteiger partial charge on any atom is 0.163 e. The van der Waals surface area contributed by atoms with Gasteiger partial charge in [-0.15, -0.1) is 0 Å². The summed E-state index contributed by atoms with van der Waals surface area (Å²) in [5, 5.41) is 2.14. The Morgan fingerprint density at radius 3 is 2.27 bits per heavy atom. The molecule has 3 aromatic carbocycles. The van der Waals surface area contributed by atoms with Crippen LogP contribution in [0.5, 0.6) is 0 Å². The van der Waals surface area contributed by atoms with E-state index in [9.17, 15) is 9.59 Å². The van der Waals surface area contributed by atoms with E-state index in [1.165, 1.54) is 0 Å². The van der Waals surface area contributed by atoms with Crippen molar-refractivity contribution < 1.29 is 9.59 Å². The van der Waals surface area contributed by atoms with Crippen molar-refractivity contribution in [2.45, 2.75) is 12.3 Å². The van der Waals surface area contributed by atoms with Crippen molar-refractivity contribution in [3.05, 3.63) is 83.9 Å². The van der Waals surface area contributed by atoms with Gasteiger partial charge in [0.25, 0.3) is 0 Å². The van der Waals surface area contributed by atoms with Crippen LogP contribution in [0.3, 0.4) is 0 Å². The fourth-order valence-electron chi connectivity index (χ4n) is 2.63. The molecule has 1 unspecified atom stereocenters. The van der Waals surface area contributed by atoms with Crippen LogP contribution in [0, 0.1) is 0 Å². The molecule has 0 saturated heterocycles. The van der Waals surface area contributed by atoms with Gasteiger partial charge in [-0.3, -0.25) is 4.79 Å². The number of fused-ring (bicyclic) bond motifs is 1. The Morgan fingerprint density at radius 1 is 0.864 bits per heavy atom. The topological polar surface area (TPSA) is 34.1 Å². The number of benzene rings is 3. The van der Waals surface area contributed by atoms with Gasteiger partial charge in [0.05, 0.1) is 0 Å². The standard InChI is InChI=1S/C20H16O2/c21-14-19(15-6-2-1-3-7-15)13-20(22)18-11-10-16-8-4-5-9-17(16)12-18/h1-12,14,19H,13H2. The molecule has 2 heteroatoms. The third-order valence-corrected chi connectivity index (χ3v) is 3.87. The molecule has 1 atom stereocenters. The number of aldehydes is 1. The summed E-state index contributed by atoms with van der Waals surface area (Å²) >= 11 is 0. The summed E-state index contributed by atoms with van der Waals surface area (Å²) in [6.07, 6.45) is 1.06. The zero-order valence-corrected chi connectivity index (χ0v) is 12.1. The van der Waals surface area contributed by atoms with Crippen LogP contribution in [-0.4, -0.2) is 12.1 Å². The van der Waals surface area contributed by atoms with Gasteiger partial charge in [-0.2, -0.15) is 0 Å². The van der Waals surface area contributed by atoms with Crippen molar-refractivity contribution >= 4 is 22.8 Å². The largest absolute Gasteiger partial charge is 0.303 e. The van der Waals surface area contributed by atoms with Crippen molar-refractivity contribution in [3.63, 3.8) is 0 Å².